The number of hydrogen-bond acceptors (Lipinski definition) is 3. The number of phenols is 1. The first-order valence-electron chi connectivity index (χ1n) is 9.27. The first-order valence-corrected chi connectivity index (χ1v) is 9.27. The minimum absolute atomic E-state index is 0.169. The van der Waals surface area contributed by atoms with Crippen LogP contribution in [0.15, 0.2) is 60.7 Å². The van der Waals surface area contributed by atoms with Gasteiger partial charge in [0.05, 0.1) is 5.69 Å². The molecular weight excluding hydrogens is 352 g/mol. The maximum atomic E-state index is 13.0. The number of para-hydroxylation sites is 1. The van der Waals surface area contributed by atoms with Gasteiger partial charge < -0.3 is 5.11 Å². The Balaban J connectivity index is 1.94. The molecule has 1 saturated heterocycles. The molecule has 28 heavy (non-hydrogen) atoms. The number of nitrogens with one attached hydrogen (secondary N) is 1. The van der Waals surface area contributed by atoms with Gasteiger partial charge in [0.15, 0.2) is 0 Å². The molecule has 5 nitrogen and oxygen atoms in total. The van der Waals surface area contributed by atoms with Crippen molar-refractivity contribution in [3.63, 3.8) is 0 Å². The third-order valence-corrected chi connectivity index (χ3v) is 5.10. The maximum absolute atomic E-state index is 13.0. The van der Waals surface area contributed by atoms with Crippen molar-refractivity contribution in [3.05, 3.63) is 77.4 Å². The molecule has 2 unspecified atom stereocenters. The first kappa shape index (κ1) is 19.4. The molecule has 0 bridgehead atoms. The van der Waals surface area contributed by atoms with Crippen molar-refractivity contribution in [2.45, 2.75) is 26.7 Å². The standard InChI is InChI=1S/C23H24N2O3/c1-4-5-7-12-19-15(2)18(13-14-20(19)26)16(3)21-22(27)24-25(23(21)28)17-10-8-6-9-11-17/h4-14,16,21,26H,1-3H3,(H,24,27)/b5-4-,12-7-. The normalized spacial score (nSPS) is 18.2. The number of nitrogens with zero attached hydrogens (tertiary/aromatic N) is 1. The van der Waals surface area contributed by atoms with E-state index in [0.29, 0.717) is 11.3 Å². The van der Waals surface area contributed by atoms with Crippen molar-refractivity contribution in [3.8, 4) is 5.75 Å². The molecule has 0 aromatic heterocycles. The number of carbonyl (C=O) groups is 2. The molecule has 0 radical (unpaired) electrons. The highest BCUT2D eigenvalue weighted by molar-refractivity contribution is 6.15. The van der Waals surface area contributed by atoms with Crippen LogP contribution in [0.5, 0.6) is 5.75 Å². The van der Waals surface area contributed by atoms with Gasteiger partial charge in [0.2, 0.25) is 0 Å². The number of allylic oxidation sites excluding steroid dienone is 3. The minimum Gasteiger partial charge on any atom is -0.507 e. The van der Waals surface area contributed by atoms with Crippen LogP contribution < -0.4 is 10.4 Å². The summed E-state index contributed by atoms with van der Waals surface area (Å²) in [5, 5.41) is 11.5. The maximum Gasteiger partial charge on any atom is 0.258 e. The van der Waals surface area contributed by atoms with E-state index < -0.39 is 5.92 Å². The van der Waals surface area contributed by atoms with Gasteiger partial charge in [-0.1, -0.05) is 55.5 Å². The van der Waals surface area contributed by atoms with Gasteiger partial charge in [-0.2, -0.15) is 0 Å². The Morgan fingerprint density at radius 3 is 2.50 bits per heavy atom. The molecule has 2 atom stereocenters. The Labute approximate surface area is 165 Å². The van der Waals surface area contributed by atoms with Crippen molar-refractivity contribution in [2.75, 3.05) is 5.01 Å². The molecule has 0 spiro atoms. The van der Waals surface area contributed by atoms with Gasteiger partial charge >= 0.3 is 0 Å². The number of hydrazine groups is 1. The third kappa shape index (κ3) is 3.56. The average molecular weight is 376 g/mol. The van der Waals surface area contributed by atoms with Crippen LogP contribution in [-0.2, 0) is 9.59 Å². The smallest absolute Gasteiger partial charge is 0.258 e. The van der Waals surface area contributed by atoms with E-state index in [-0.39, 0.29) is 23.5 Å². The number of rotatable bonds is 5. The number of aromatic hydroxyl groups is 1. The van der Waals surface area contributed by atoms with Crippen LogP contribution in [0.2, 0.25) is 0 Å². The minimum atomic E-state index is -0.823. The molecule has 1 aliphatic heterocycles. The molecule has 3 rings (SSSR count). The van der Waals surface area contributed by atoms with Gasteiger partial charge in [-0.05, 0) is 43.2 Å². The summed E-state index contributed by atoms with van der Waals surface area (Å²) in [5.74, 6) is -1.59. The molecule has 1 aliphatic rings. The molecule has 2 aromatic rings. The predicted molar refractivity (Wildman–Crippen MR) is 111 cm³/mol. The van der Waals surface area contributed by atoms with E-state index in [9.17, 15) is 14.7 Å². The summed E-state index contributed by atoms with van der Waals surface area (Å²) in [6, 6.07) is 12.4. The van der Waals surface area contributed by atoms with E-state index in [1.807, 2.05) is 63.3 Å². The number of amides is 2. The Bertz CT molecular complexity index is 948. The summed E-state index contributed by atoms with van der Waals surface area (Å²) in [5.41, 5.74) is 5.72. The first-order chi connectivity index (χ1) is 13.5. The SMILES string of the molecule is C/C=C\C=C/c1c(O)ccc(C(C)C2C(=O)NN(c3ccccc3)C2=O)c1C. The number of benzene rings is 2. The van der Waals surface area contributed by atoms with Crippen molar-refractivity contribution < 1.29 is 14.7 Å². The van der Waals surface area contributed by atoms with E-state index in [1.54, 1.807) is 24.3 Å². The highest BCUT2D eigenvalue weighted by atomic mass is 16.3. The lowest BCUT2D eigenvalue weighted by molar-refractivity contribution is -0.128. The number of phenolic OH excluding ortho intramolecular Hbond substituents is 1. The van der Waals surface area contributed by atoms with E-state index in [1.165, 1.54) is 5.01 Å². The second-order valence-corrected chi connectivity index (χ2v) is 6.85. The fraction of sp³-hybridized carbons (Fsp3) is 0.217. The molecule has 2 amide bonds. The summed E-state index contributed by atoms with van der Waals surface area (Å²) < 4.78 is 0. The summed E-state index contributed by atoms with van der Waals surface area (Å²) in [6.07, 6.45) is 7.45. The van der Waals surface area contributed by atoms with Gasteiger partial charge in [-0.25, -0.2) is 5.01 Å². The molecule has 0 saturated carbocycles. The van der Waals surface area contributed by atoms with Gasteiger partial charge in [0.25, 0.3) is 11.8 Å². The van der Waals surface area contributed by atoms with Gasteiger partial charge in [0, 0.05) is 11.5 Å². The summed E-state index contributed by atoms with van der Waals surface area (Å²) >= 11 is 0. The molecule has 2 N–H and O–H groups in total. The van der Waals surface area contributed by atoms with E-state index in [4.69, 9.17) is 0 Å². The van der Waals surface area contributed by atoms with Crippen molar-refractivity contribution in [2.24, 2.45) is 5.92 Å². The molecular formula is C23H24N2O3. The van der Waals surface area contributed by atoms with Crippen LogP contribution in [0.25, 0.3) is 6.08 Å². The second kappa shape index (κ2) is 8.13. The highest BCUT2D eigenvalue weighted by Crippen LogP contribution is 2.36. The van der Waals surface area contributed by atoms with Crippen molar-refractivity contribution in [1.82, 2.24) is 5.43 Å². The summed E-state index contributed by atoms with van der Waals surface area (Å²) in [4.78, 5) is 25.6. The molecule has 1 heterocycles. The monoisotopic (exact) mass is 376 g/mol. The summed E-state index contributed by atoms with van der Waals surface area (Å²) in [6.45, 7) is 5.68. The van der Waals surface area contributed by atoms with Crippen LogP contribution in [-0.4, -0.2) is 16.9 Å². The fourth-order valence-electron chi connectivity index (χ4n) is 3.57. The molecule has 1 fully saturated rings. The number of carbonyl (C=O) groups excluding carboxylic acids is 2. The number of hydrogen-bond donors (Lipinski definition) is 2. The van der Waals surface area contributed by atoms with Crippen molar-refractivity contribution in [1.29, 1.82) is 0 Å². The average Bonchev–Trinajstić information content (AvgIpc) is 2.99. The Kier molecular flexibility index (Phi) is 5.64. The van der Waals surface area contributed by atoms with E-state index in [2.05, 4.69) is 5.43 Å². The molecule has 5 heteroatoms. The quantitative estimate of drug-likeness (QED) is 0.610. The van der Waals surface area contributed by atoms with Crippen LogP contribution in [0, 0.1) is 12.8 Å². The zero-order valence-corrected chi connectivity index (χ0v) is 16.2. The van der Waals surface area contributed by atoms with Gasteiger partial charge in [-0.3, -0.25) is 15.0 Å². The zero-order chi connectivity index (χ0) is 20.3. The second-order valence-electron chi connectivity index (χ2n) is 6.85. The Morgan fingerprint density at radius 1 is 1.11 bits per heavy atom. The van der Waals surface area contributed by atoms with E-state index >= 15 is 0 Å². The predicted octanol–water partition coefficient (Wildman–Crippen LogP) is 4.09. The molecule has 2 aromatic carbocycles. The van der Waals surface area contributed by atoms with Crippen LogP contribution >= 0.6 is 0 Å². The topological polar surface area (TPSA) is 69.6 Å². The Morgan fingerprint density at radius 2 is 1.82 bits per heavy atom. The van der Waals surface area contributed by atoms with Crippen LogP contribution in [0.4, 0.5) is 5.69 Å². The molecule has 0 aliphatic carbocycles. The van der Waals surface area contributed by atoms with Crippen LogP contribution in [0.3, 0.4) is 0 Å². The van der Waals surface area contributed by atoms with Gasteiger partial charge in [0.1, 0.15) is 11.7 Å². The van der Waals surface area contributed by atoms with E-state index in [0.717, 1.165) is 11.1 Å². The zero-order valence-electron chi connectivity index (χ0n) is 16.2. The van der Waals surface area contributed by atoms with Gasteiger partial charge in [-0.15, -0.1) is 0 Å². The highest BCUT2D eigenvalue weighted by Gasteiger charge is 2.44. The fourth-order valence-corrected chi connectivity index (χ4v) is 3.57. The Hall–Kier alpha value is -3.34. The largest absolute Gasteiger partial charge is 0.507 e. The lowest BCUT2D eigenvalue weighted by Gasteiger charge is -2.20. The summed E-state index contributed by atoms with van der Waals surface area (Å²) in [7, 11) is 0. The lowest BCUT2D eigenvalue weighted by atomic mass is 9.83. The number of anilines is 1. The van der Waals surface area contributed by atoms with Crippen LogP contribution in [0.1, 0.15) is 36.5 Å². The third-order valence-electron chi connectivity index (χ3n) is 5.10. The molecule has 144 valence electrons. The lowest BCUT2D eigenvalue weighted by Crippen LogP contribution is -2.35. The van der Waals surface area contributed by atoms with Crippen molar-refractivity contribution >= 4 is 23.6 Å².